The number of carbonyl (C=O) groups excluding carboxylic acids is 2. The smallest absolute Gasteiger partial charge is 0.342 e. The maximum absolute atomic E-state index is 12.1. The Balaban J connectivity index is 1.62. The molecular weight excluding hydrogens is 340 g/mol. The van der Waals surface area contributed by atoms with Gasteiger partial charge in [0.15, 0.2) is 6.61 Å². The van der Waals surface area contributed by atoms with Gasteiger partial charge in [0.2, 0.25) is 0 Å². The monoisotopic (exact) mass is 356 g/mol. The van der Waals surface area contributed by atoms with E-state index in [1.807, 2.05) is 0 Å². The molecule has 7 heteroatoms. The molecule has 128 valence electrons. The summed E-state index contributed by atoms with van der Waals surface area (Å²) in [5, 5.41) is 12.5. The van der Waals surface area contributed by atoms with Gasteiger partial charge in [-0.2, -0.15) is 5.26 Å². The van der Waals surface area contributed by atoms with Crippen molar-refractivity contribution in [2.24, 2.45) is 0 Å². The Labute approximate surface area is 149 Å². The third-order valence-corrected chi connectivity index (χ3v) is 5.15. The molecule has 0 saturated carbocycles. The molecule has 0 unspecified atom stereocenters. The van der Waals surface area contributed by atoms with Gasteiger partial charge in [-0.3, -0.25) is 4.79 Å². The second-order valence-electron chi connectivity index (χ2n) is 5.50. The molecule has 0 bridgehead atoms. The van der Waals surface area contributed by atoms with Crippen molar-refractivity contribution in [2.75, 3.05) is 19.0 Å². The van der Waals surface area contributed by atoms with Crippen molar-refractivity contribution in [3.63, 3.8) is 0 Å². The summed E-state index contributed by atoms with van der Waals surface area (Å²) in [6.07, 6.45) is 2.85. The largest absolute Gasteiger partial charge is 0.496 e. The topological polar surface area (TPSA) is 88.4 Å². The number of para-hydroxylation sites is 1. The number of methoxy groups -OCH3 is 1. The number of thiophene rings is 1. The Morgan fingerprint density at radius 1 is 1.32 bits per heavy atom. The van der Waals surface area contributed by atoms with E-state index in [4.69, 9.17) is 9.47 Å². The first-order valence-electron chi connectivity index (χ1n) is 7.78. The van der Waals surface area contributed by atoms with Crippen LogP contribution in [0.25, 0.3) is 0 Å². The molecule has 0 saturated heterocycles. The van der Waals surface area contributed by atoms with E-state index in [0.29, 0.717) is 16.3 Å². The number of hydrogen-bond acceptors (Lipinski definition) is 6. The number of hydrogen-bond donors (Lipinski definition) is 1. The summed E-state index contributed by atoms with van der Waals surface area (Å²) in [6, 6.07) is 8.79. The number of amides is 1. The number of benzene rings is 1. The minimum Gasteiger partial charge on any atom is -0.496 e. The number of aryl methyl sites for hydroxylation is 1. The van der Waals surface area contributed by atoms with E-state index in [-0.39, 0.29) is 5.56 Å². The van der Waals surface area contributed by atoms with Crippen LogP contribution in [0.5, 0.6) is 5.75 Å². The summed E-state index contributed by atoms with van der Waals surface area (Å²) in [5.74, 6) is -0.726. The number of nitrogens with zero attached hydrogens (tertiary/aromatic N) is 1. The number of nitrogens with one attached hydrogen (secondary N) is 1. The van der Waals surface area contributed by atoms with Gasteiger partial charge in [0.05, 0.1) is 12.7 Å². The zero-order valence-electron chi connectivity index (χ0n) is 13.6. The molecule has 0 fully saturated rings. The molecule has 1 N–H and O–H groups in total. The number of nitriles is 1. The van der Waals surface area contributed by atoms with Gasteiger partial charge in [0.1, 0.15) is 22.4 Å². The fourth-order valence-electron chi connectivity index (χ4n) is 2.80. The minimum atomic E-state index is -0.637. The van der Waals surface area contributed by atoms with Gasteiger partial charge in [-0.15, -0.1) is 11.3 Å². The SMILES string of the molecule is COc1ccccc1C(=O)OCC(=O)Nc1sc2c(c1C#N)CCC2. The highest BCUT2D eigenvalue weighted by molar-refractivity contribution is 7.16. The maximum Gasteiger partial charge on any atom is 0.342 e. The number of anilines is 1. The number of esters is 1. The van der Waals surface area contributed by atoms with Crippen LogP contribution in [-0.4, -0.2) is 25.6 Å². The molecule has 2 aromatic rings. The number of carbonyl (C=O) groups is 2. The average Bonchev–Trinajstić information content (AvgIpc) is 3.20. The predicted octanol–water partition coefficient (Wildman–Crippen LogP) is 2.91. The van der Waals surface area contributed by atoms with Crippen LogP contribution in [-0.2, 0) is 22.4 Å². The quantitative estimate of drug-likeness (QED) is 0.832. The van der Waals surface area contributed by atoms with Crippen LogP contribution < -0.4 is 10.1 Å². The van der Waals surface area contributed by atoms with Crippen LogP contribution >= 0.6 is 11.3 Å². The highest BCUT2D eigenvalue weighted by Gasteiger charge is 2.23. The van der Waals surface area contributed by atoms with Crippen LogP contribution in [0.4, 0.5) is 5.00 Å². The van der Waals surface area contributed by atoms with Crippen LogP contribution in [0, 0.1) is 11.3 Å². The van der Waals surface area contributed by atoms with Crippen LogP contribution in [0.15, 0.2) is 24.3 Å². The van der Waals surface area contributed by atoms with E-state index >= 15 is 0 Å². The van der Waals surface area contributed by atoms with Crippen LogP contribution in [0.1, 0.15) is 32.8 Å². The van der Waals surface area contributed by atoms with Gasteiger partial charge in [0, 0.05) is 4.88 Å². The molecule has 1 aromatic carbocycles. The van der Waals surface area contributed by atoms with Gasteiger partial charge in [-0.05, 0) is 37.0 Å². The first-order chi connectivity index (χ1) is 12.1. The zero-order valence-corrected chi connectivity index (χ0v) is 14.4. The summed E-state index contributed by atoms with van der Waals surface area (Å²) < 4.78 is 10.1. The normalized spacial score (nSPS) is 12.2. The van der Waals surface area contributed by atoms with Crippen molar-refractivity contribution < 1.29 is 19.1 Å². The van der Waals surface area contributed by atoms with E-state index in [9.17, 15) is 14.9 Å². The molecule has 3 rings (SSSR count). The maximum atomic E-state index is 12.1. The van der Waals surface area contributed by atoms with Crippen LogP contribution in [0.3, 0.4) is 0 Å². The minimum absolute atomic E-state index is 0.255. The van der Waals surface area contributed by atoms with E-state index in [1.165, 1.54) is 18.4 Å². The summed E-state index contributed by atoms with van der Waals surface area (Å²) in [7, 11) is 1.46. The molecule has 0 aliphatic heterocycles. The van der Waals surface area contributed by atoms with Gasteiger partial charge >= 0.3 is 5.97 Å². The Bertz CT molecular complexity index is 866. The molecule has 1 amide bonds. The van der Waals surface area contributed by atoms with Crippen molar-refractivity contribution in [3.05, 3.63) is 45.8 Å². The van der Waals surface area contributed by atoms with E-state index in [2.05, 4.69) is 11.4 Å². The van der Waals surface area contributed by atoms with Crippen molar-refractivity contribution in [2.45, 2.75) is 19.3 Å². The van der Waals surface area contributed by atoms with Gasteiger partial charge < -0.3 is 14.8 Å². The molecule has 0 spiro atoms. The van der Waals surface area contributed by atoms with Crippen LogP contribution in [0.2, 0.25) is 0 Å². The lowest BCUT2D eigenvalue weighted by Crippen LogP contribution is -2.21. The van der Waals surface area contributed by atoms with E-state index in [1.54, 1.807) is 24.3 Å². The Kier molecular flexibility index (Phi) is 5.00. The number of ether oxygens (including phenoxy) is 2. The van der Waals surface area contributed by atoms with Crippen molar-refractivity contribution >= 4 is 28.2 Å². The third kappa shape index (κ3) is 3.49. The molecule has 1 aromatic heterocycles. The lowest BCUT2D eigenvalue weighted by molar-refractivity contribution is -0.119. The summed E-state index contributed by atoms with van der Waals surface area (Å²) in [5.41, 5.74) is 1.82. The first kappa shape index (κ1) is 17.0. The molecule has 6 nitrogen and oxygen atoms in total. The van der Waals surface area contributed by atoms with Gasteiger partial charge in [-0.1, -0.05) is 12.1 Å². The molecular formula is C18H16N2O4S. The first-order valence-corrected chi connectivity index (χ1v) is 8.60. The second kappa shape index (κ2) is 7.36. The zero-order chi connectivity index (χ0) is 17.8. The summed E-state index contributed by atoms with van der Waals surface area (Å²) >= 11 is 1.42. The standard InChI is InChI=1S/C18H16N2O4S/c1-23-14-7-3-2-5-12(14)18(22)24-10-16(21)20-17-13(9-19)11-6-4-8-15(11)25-17/h2-3,5,7H,4,6,8,10H2,1H3,(H,20,21). The molecule has 25 heavy (non-hydrogen) atoms. The van der Waals surface area contributed by atoms with E-state index in [0.717, 1.165) is 29.7 Å². The van der Waals surface area contributed by atoms with Crippen molar-refractivity contribution in [3.8, 4) is 11.8 Å². The lowest BCUT2D eigenvalue weighted by atomic mass is 10.1. The van der Waals surface area contributed by atoms with E-state index < -0.39 is 18.5 Å². The van der Waals surface area contributed by atoms with Gasteiger partial charge in [-0.25, -0.2) is 4.79 Å². The highest BCUT2D eigenvalue weighted by Crippen LogP contribution is 2.38. The molecule has 1 aliphatic rings. The summed E-state index contributed by atoms with van der Waals surface area (Å²) in [4.78, 5) is 25.3. The Morgan fingerprint density at radius 2 is 2.12 bits per heavy atom. The molecule has 0 atom stereocenters. The van der Waals surface area contributed by atoms with Crippen molar-refractivity contribution in [1.29, 1.82) is 5.26 Å². The van der Waals surface area contributed by atoms with Crippen molar-refractivity contribution in [1.82, 2.24) is 0 Å². The molecule has 0 radical (unpaired) electrons. The fourth-order valence-corrected chi connectivity index (χ4v) is 4.05. The highest BCUT2D eigenvalue weighted by atomic mass is 32.1. The predicted molar refractivity (Wildman–Crippen MR) is 93.0 cm³/mol. The Hall–Kier alpha value is -2.85. The number of rotatable bonds is 5. The third-order valence-electron chi connectivity index (χ3n) is 3.95. The second-order valence-corrected chi connectivity index (χ2v) is 6.60. The average molecular weight is 356 g/mol. The summed E-state index contributed by atoms with van der Waals surface area (Å²) in [6.45, 7) is -0.426. The van der Waals surface area contributed by atoms with Gasteiger partial charge in [0.25, 0.3) is 5.91 Å². The Morgan fingerprint density at radius 3 is 2.88 bits per heavy atom. The lowest BCUT2D eigenvalue weighted by Gasteiger charge is -2.08. The number of fused-ring (bicyclic) bond motifs is 1. The molecule has 1 heterocycles. The molecule has 1 aliphatic carbocycles. The fraction of sp³-hybridized carbons (Fsp3) is 0.278.